The smallest absolute Gasteiger partial charge is 0.227 e. The third kappa shape index (κ3) is 3.20. The van der Waals surface area contributed by atoms with E-state index in [9.17, 15) is 4.79 Å². The topological polar surface area (TPSA) is 20.3 Å². The maximum atomic E-state index is 12.1. The lowest BCUT2D eigenvalue weighted by Crippen LogP contribution is -2.48. The molecule has 0 heterocycles. The first kappa shape index (κ1) is 13.0. The number of carbonyl (C=O) groups excluding carboxylic acids is 1. The number of amides is 1. The van der Waals surface area contributed by atoms with Gasteiger partial charge in [0.2, 0.25) is 5.91 Å². The van der Waals surface area contributed by atoms with E-state index in [1.165, 1.54) is 19.3 Å². The van der Waals surface area contributed by atoms with Crippen LogP contribution in [0.1, 0.15) is 46.5 Å². The van der Waals surface area contributed by atoms with E-state index in [0.29, 0.717) is 10.9 Å². The third-order valence-corrected chi connectivity index (χ3v) is 4.17. The fraction of sp³-hybridized carbons (Fsp3) is 0.917. The summed E-state index contributed by atoms with van der Waals surface area (Å²) >= 11 is 3.70. The van der Waals surface area contributed by atoms with Gasteiger partial charge in [0.15, 0.2) is 0 Å². The molecule has 1 aliphatic carbocycles. The van der Waals surface area contributed by atoms with Gasteiger partial charge in [0, 0.05) is 23.3 Å². The van der Waals surface area contributed by atoms with Crippen molar-refractivity contribution in [2.75, 3.05) is 7.05 Å². The first-order valence-electron chi connectivity index (χ1n) is 5.75. The van der Waals surface area contributed by atoms with Gasteiger partial charge in [0.1, 0.15) is 0 Å². The Morgan fingerprint density at radius 1 is 1.27 bits per heavy atom. The molecule has 0 aromatic heterocycles. The van der Waals surface area contributed by atoms with Gasteiger partial charge in [-0.05, 0) is 12.8 Å². The van der Waals surface area contributed by atoms with Crippen molar-refractivity contribution in [1.29, 1.82) is 0 Å². The lowest BCUT2D eigenvalue weighted by atomic mass is 9.90. The molecule has 0 bridgehead atoms. The van der Waals surface area contributed by atoms with Crippen molar-refractivity contribution in [3.63, 3.8) is 0 Å². The van der Waals surface area contributed by atoms with Crippen LogP contribution in [0.3, 0.4) is 0 Å². The summed E-state index contributed by atoms with van der Waals surface area (Å²) in [6, 6.07) is 0.380. The second kappa shape index (κ2) is 4.86. The molecule has 1 saturated carbocycles. The Morgan fingerprint density at radius 2 is 1.80 bits per heavy atom. The molecule has 0 aliphatic heterocycles. The van der Waals surface area contributed by atoms with Crippen molar-refractivity contribution in [2.24, 2.45) is 5.41 Å². The Balaban J connectivity index is 2.66. The van der Waals surface area contributed by atoms with Crippen LogP contribution in [0.4, 0.5) is 0 Å². The zero-order valence-electron chi connectivity index (χ0n) is 10.2. The third-order valence-electron chi connectivity index (χ3n) is 3.11. The molecular weight excluding hydrogens is 254 g/mol. The van der Waals surface area contributed by atoms with E-state index in [1.807, 2.05) is 32.7 Å². The standard InChI is InChI=1S/C12H22BrNO/c1-12(2,3)11(15)14(4)10-8-6-5-7-9(10)13/h9-10H,5-8H2,1-4H3. The predicted molar refractivity (Wildman–Crippen MR) is 67.2 cm³/mol. The zero-order valence-corrected chi connectivity index (χ0v) is 11.8. The van der Waals surface area contributed by atoms with Crippen molar-refractivity contribution >= 4 is 21.8 Å². The number of rotatable bonds is 1. The zero-order chi connectivity index (χ0) is 11.6. The molecule has 2 nitrogen and oxygen atoms in total. The first-order valence-corrected chi connectivity index (χ1v) is 6.67. The molecule has 2 unspecified atom stereocenters. The molecule has 0 radical (unpaired) electrons. The van der Waals surface area contributed by atoms with Crippen LogP contribution in [0.25, 0.3) is 0 Å². The van der Waals surface area contributed by atoms with Gasteiger partial charge in [-0.2, -0.15) is 0 Å². The maximum absolute atomic E-state index is 12.1. The number of nitrogens with zero attached hydrogens (tertiary/aromatic N) is 1. The molecule has 0 spiro atoms. The molecule has 1 rings (SSSR count). The highest BCUT2D eigenvalue weighted by Gasteiger charge is 2.33. The second-order valence-corrected chi connectivity index (χ2v) is 6.71. The van der Waals surface area contributed by atoms with Crippen LogP contribution >= 0.6 is 15.9 Å². The molecule has 15 heavy (non-hydrogen) atoms. The summed E-state index contributed by atoms with van der Waals surface area (Å²) in [6.07, 6.45) is 4.85. The summed E-state index contributed by atoms with van der Waals surface area (Å²) in [4.78, 5) is 14.5. The van der Waals surface area contributed by atoms with E-state index in [0.717, 1.165) is 6.42 Å². The fourth-order valence-corrected chi connectivity index (χ4v) is 3.12. The Bertz CT molecular complexity index is 234. The predicted octanol–water partition coefficient (Wildman–Crippen LogP) is 3.20. The lowest BCUT2D eigenvalue weighted by Gasteiger charge is -2.38. The molecule has 1 amide bonds. The van der Waals surface area contributed by atoms with Crippen LogP contribution in [0.2, 0.25) is 0 Å². The monoisotopic (exact) mass is 275 g/mol. The van der Waals surface area contributed by atoms with Gasteiger partial charge < -0.3 is 4.90 Å². The number of halogens is 1. The highest BCUT2D eigenvalue weighted by Crippen LogP contribution is 2.30. The van der Waals surface area contributed by atoms with Crippen LogP contribution < -0.4 is 0 Å². The summed E-state index contributed by atoms with van der Waals surface area (Å²) in [6.45, 7) is 5.95. The lowest BCUT2D eigenvalue weighted by molar-refractivity contribution is -0.140. The summed E-state index contributed by atoms with van der Waals surface area (Å²) in [5.74, 6) is 0.249. The highest BCUT2D eigenvalue weighted by atomic mass is 79.9. The fourth-order valence-electron chi connectivity index (χ4n) is 2.18. The second-order valence-electron chi connectivity index (χ2n) is 5.53. The van der Waals surface area contributed by atoms with Crippen LogP contribution in [-0.4, -0.2) is 28.7 Å². The quantitative estimate of drug-likeness (QED) is 0.673. The number of hydrogen-bond acceptors (Lipinski definition) is 1. The Hall–Kier alpha value is -0.0500. The molecule has 0 aromatic rings. The van der Waals surface area contributed by atoms with Crippen molar-refractivity contribution in [1.82, 2.24) is 4.90 Å². The average molecular weight is 276 g/mol. The Labute approximate surface area is 102 Å². The van der Waals surface area contributed by atoms with Gasteiger partial charge in [-0.1, -0.05) is 49.5 Å². The van der Waals surface area contributed by atoms with E-state index >= 15 is 0 Å². The van der Waals surface area contributed by atoms with Gasteiger partial charge in [0.05, 0.1) is 0 Å². The van der Waals surface area contributed by atoms with E-state index < -0.39 is 0 Å². The van der Waals surface area contributed by atoms with Gasteiger partial charge in [0.25, 0.3) is 0 Å². The molecule has 0 aromatic carbocycles. The van der Waals surface area contributed by atoms with E-state index in [1.54, 1.807) is 0 Å². The van der Waals surface area contributed by atoms with Crippen molar-refractivity contribution < 1.29 is 4.79 Å². The minimum absolute atomic E-state index is 0.249. The average Bonchev–Trinajstić information content (AvgIpc) is 2.15. The van der Waals surface area contributed by atoms with E-state index in [4.69, 9.17) is 0 Å². The Morgan fingerprint density at radius 3 is 2.27 bits per heavy atom. The van der Waals surface area contributed by atoms with E-state index in [2.05, 4.69) is 15.9 Å². The van der Waals surface area contributed by atoms with Crippen molar-refractivity contribution in [3.8, 4) is 0 Å². The molecule has 2 atom stereocenters. The van der Waals surface area contributed by atoms with Gasteiger partial charge in [-0.25, -0.2) is 0 Å². The maximum Gasteiger partial charge on any atom is 0.227 e. The number of alkyl halides is 1. The Kier molecular flexibility index (Phi) is 4.21. The van der Waals surface area contributed by atoms with Gasteiger partial charge in [-0.15, -0.1) is 0 Å². The summed E-state index contributed by atoms with van der Waals surface area (Å²) in [7, 11) is 1.94. The van der Waals surface area contributed by atoms with Crippen molar-refractivity contribution in [3.05, 3.63) is 0 Å². The molecule has 0 N–H and O–H groups in total. The summed E-state index contributed by atoms with van der Waals surface area (Å²) in [5, 5.41) is 0. The summed E-state index contributed by atoms with van der Waals surface area (Å²) < 4.78 is 0. The molecule has 0 saturated heterocycles. The molecular formula is C12H22BrNO. The highest BCUT2D eigenvalue weighted by molar-refractivity contribution is 9.09. The van der Waals surface area contributed by atoms with Crippen molar-refractivity contribution in [2.45, 2.75) is 57.3 Å². The minimum atomic E-state index is -0.265. The SMILES string of the molecule is CN(C(=O)C(C)(C)C)C1CCCCC1Br. The largest absolute Gasteiger partial charge is 0.341 e. The number of carbonyl (C=O) groups is 1. The first-order chi connectivity index (χ1) is 6.84. The van der Waals surface area contributed by atoms with Crippen LogP contribution in [0.15, 0.2) is 0 Å². The van der Waals surface area contributed by atoms with Gasteiger partial charge in [-0.3, -0.25) is 4.79 Å². The van der Waals surface area contributed by atoms with Crippen LogP contribution in [-0.2, 0) is 4.79 Å². The normalized spacial score (nSPS) is 27.5. The van der Waals surface area contributed by atoms with E-state index in [-0.39, 0.29) is 11.3 Å². The summed E-state index contributed by atoms with van der Waals surface area (Å²) in [5.41, 5.74) is -0.265. The number of hydrogen-bond donors (Lipinski definition) is 0. The molecule has 3 heteroatoms. The molecule has 1 fully saturated rings. The molecule has 88 valence electrons. The van der Waals surface area contributed by atoms with Crippen LogP contribution in [0, 0.1) is 5.41 Å². The molecule has 1 aliphatic rings. The van der Waals surface area contributed by atoms with Crippen LogP contribution in [0.5, 0.6) is 0 Å². The minimum Gasteiger partial charge on any atom is -0.341 e. The van der Waals surface area contributed by atoms with Gasteiger partial charge >= 0.3 is 0 Å².